The van der Waals surface area contributed by atoms with Crippen LogP contribution in [0.15, 0.2) is 53.7 Å². The molecule has 2 aromatic rings. The first-order valence-corrected chi connectivity index (χ1v) is 7.06. The quantitative estimate of drug-likeness (QED) is 0.851. The van der Waals surface area contributed by atoms with Crippen LogP contribution in [-0.2, 0) is 6.42 Å². The smallest absolute Gasteiger partial charge is 0.0674 e. The van der Waals surface area contributed by atoms with Gasteiger partial charge >= 0.3 is 0 Å². The molecule has 0 amide bonds. The van der Waals surface area contributed by atoms with Gasteiger partial charge in [-0.3, -0.25) is 4.98 Å². The molecule has 0 radical (unpaired) electrons. The van der Waals surface area contributed by atoms with Crippen molar-refractivity contribution in [1.29, 1.82) is 0 Å². The van der Waals surface area contributed by atoms with E-state index in [1.807, 2.05) is 36.4 Å². The van der Waals surface area contributed by atoms with Gasteiger partial charge in [-0.1, -0.05) is 29.8 Å². The summed E-state index contributed by atoms with van der Waals surface area (Å²) in [6.45, 7) is 0. The molecule has 1 aromatic heterocycles. The number of thioether (sulfide) groups is 1. The number of rotatable bonds is 5. The second-order valence-corrected chi connectivity index (χ2v) is 5.45. The van der Waals surface area contributed by atoms with E-state index in [0.29, 0.717) is 17.2 Å². The van der Waals surface area contributed by atoms with Crippen LogP contribution in [0, 0.1) is 0 Å². The SMILES string of the molecule is OC(CSc1ccccc1)Cc1ccncc1Cl. The molecule has 0 aliphatic rings. The standard InChI is InChI=1S/C14H14ClNOS/c15-14-9-16-7-6-11(14)8-12(17)10-18-13-4-2-1-3-5-13/h1-7,9,12,17H,8,10H2. The molecule has 94 valence electrons. The molecule has 0 spiro atoms. The lowest BCUT2D eigenvalue weighted by Crippen LogP contribution is -2.13. The van der Waals surface area contributed by atoms with Gasteiger partial charge in [-0.05, 0) is 23.8 Å². The summed E-state index contributed by atoms with van der Waals surface area (Å²) in [5, 5.41) is 10.6. The lowest BCUT2D eigenvalue weighted by atomic mass is 10.1. The number of halogens is 1. The van der Waals surface area contributed by atoms with Gasteiger partial charge in [0.25, 0.3) is 0 Å². The minimum Gasteiger partial charge on any atom is -0.392 e. The zero-order chi connectivity index (χ0) is 12.8. The molecule has 4 heteroatoms. The van der Waals surface area contributed by atoms with Crippen molar-refractivity contribution in [2.45, 2.75) is 17.4 Å². The van der Waals surface area contributed by atoms with E-state index in [9.17, 15) is 5.11 Å². The Morgan fingerprint density at radius 3 is 2.72 bits per heavy atom. The highest BCUT2D eigenvalue weighted by Gasteiger charge is 2.09. The molecular weight excluding hydrogens is 266 g/mol. The van der Waals surface area contributed by atoms with Crippen LogP contribution >= 0.6 is 23.4 Å². The number of hydrogen-bond acceptors (Lipinski definition) is 3. The Morgan fingerprint density at radius 2 is 2.00 bits per heavy atom. The van der Waals surface area contributed by atoms with Gasteiger partial charge in [0.05, 0.1) is 11.1 Å². The molecule has 0 saturated carbocycles. The fourth-order valence-corrected chi connectivity index (χ4v) is 2.64. The van der Waals surface area contributed by atoms with Crippen molar-refractivity contribution < 1.29 is 5.11 Å². The highest BCUT2D eigenvalue weighted by Crippen LogP contribution is 2.21. The highest BCUT2D eigenvalue weighted by molar-refractivity contribution is 7.99. The number of aliphatic hydroxyl groups excluding tert-OH is 1. The van der Waals surface area contributed by atoms with Gasteiger partial charge in [-0.25, -0.2) is 0 Å². The van der Waals surface area contributed by atoms with E-state index in [4.69, 9.17) is 11.6 Å². The number of aliphatic hydroxyl groups is 1. The molecule has 0 aliphatic heterocycles. The summed E-state index contributed by atoms with van der Waals surface area (Å²) >= 11 is 7.65. The maximum Gasteiger partial charge on any atom is 0.0674 e. The molecule has 0 bridgehead atoms. The van der Waals surface area contributed by atoms with Gasteiger partial charge in [0.1, 0.15) is 0 Å². The zero-order valence-electron chi connectivity index (χ0n) is 9.79. The highest BCUT2D eigenvalue weighted by atomic mass is 35.5. The average Bonchev–Trinajstić information content (AvgIpc) is 2.40. The predicted octanol–water partition coefficient (Wildman–Crippen LogP) is 3.43. The Bertz CT molecular complexity index is 492. The van der Waals surface area contributed by atoms with Gasteiger partial charge in [0.2, 0.25) is 0 Å². The monoisotopic (exact) mass is 279 g/mol. The summed E-state index contributed by atoms with van der Waals surface area (Å²) < 4.78 is 0. The van der Waals surface area contributed by atoms with Crippen molar-refractivity contribution in [3.8, 4) is 0 Å². The van der Waals surface area contributed by atoms with Crippen LogP contribution < -0.4 is 0 Å². The zero-order valence-corrected chi connectivity index (χ0v) is 11.4. The Hall–Kier alpha value is -1.03. The molecule has 1 heterocycles. The van der Waals surface area contributed by atoms with Crippen molar-refractivity contribution >= 4 is 23.4 Å². The minimum atomic E-state index is -0.407. The second kappa shape index (κ2) is 6.78. The first kappa shape index (κ1) is 13.4. The average molecular weight is 280 g/mol. The van der Waals surface area contributed by atoms with Crippen molar-refractivity contribution in [2.24, 2.45) is 0 Å². The van der Waals surface area contributed by atoms with E-state index >= 15 is 0 Å². The van der Waals surface area contributed by atoms with Crippen LogP contribution in [0.5, 0.6) is 0 Å². The predicted molar refractivity (Wildman–Crippen MR) is 76.1 cm³/mol. The normalized spacial score (nSPS) is 12.3. The summed E-state index contributed by atoms with van der Waals surface area (Å²) in [5.74, 6) is 0.655. The number of hydrogen-bond donors (Lipinski definition) is 1. The Kier molecular flexibility index (Phi) is 5.05. The van der Waals surface area contributed by atoms with E-state index in [2.05, 4.69) is 4.98 Å². The third-order valence-electron chi connectivity index (χ3n) is 2.50. The maximum atomic E-state index is 9.99. The molecule has 1 aromatic carbocycles. The van der Waals surface area contributed by atoms with Gasteiger partial charge in [0, 0.05) is 29.5 Å². The molecule has 0 aliphatic carbocycles. The van der Waals surface area contributed by atoms with Gasteiger partial charge < -0.3 is 5.11 Å². The van der Waals surface area contributed by atoms with Crippen molar-refractivity contribution in [2.75, 3.05) is 5.75 Å². The van der Waals surface area contributed by atoms with Gasteiger partial charge in [0.15, 0.2) is 0 Å². The first-order chi connectivity index (χ1) is 8.75. The van der Waals surface area contributed by atoms with Crippen LogP contribution in [0.4, 0.5) is 0 Å². The molecular formula is C14H14ClNOS. The fourth-order valence-electron chi connectivity index (χ4n) is 1.59. The Balaban J connectivity index is 1.86. The van der Waals surface area contributed by atoms with Crippen molar-refractivity contribution in [3.63, 3.8) is 0 Å². The van der Waals surface area contributed by atoms with Crippen LogP contribution in [0.1, 0.15) is 5.56 Å². The molecule has 2 rings (SSSR count). The Morgan fingerprint density at radius 1 is 1.22 bits per heavy atom. The summed E-state index contributed by atoms with van der Waals surface area (Å²) in [6.07, 6.45) is 3.45. The number of pyridine rings is 1. The van der Waals surface area contributed by atoms with Gasteiger partial charge in [-0.15, -0.1) is 11.8 Å². The molecule has 0 fully saturated rings. The van der Waals surface area contributed by atoms with E-state index in [1.165, 1.54) is 0 Å². The third-order valence-corrected chi connectivity index (χ3v) is 3.99. The van der Waals surface area contributed by atoms with E-state index in [0.717, 1.165) is 10.5 Å². The van der Waals surface area contributed by atoms with Crippen LogP contribution in [-0.4, -0.2) is 21.9 Å². The van der Waals surface area contributed by atoms with E-state index in [1.54, 1.807) is 24.2 Å². The van der Waals surface area contributed by atoms with Crippen LogP contribution in [0.3, 0.4) is 0 Å². The summed E-state index contributed by atoms with van der Waals surface area (Å²) in [4.78, 5) is 5.09. The number of aromatic nitrogens is 1. The van der Waals surface area contributed by atoms with Crippen molar-refractivity contribution in [3.05, 3.63) is 59.4 Å². The summed E-state index contributed by atoms with van der Waals surface area (Å²) in [5.41, 5.74) is 0.938. The summed E-state index contributed by atoms with van der Waals surface area (Å²) in [7, 11) is 0. The maximum absolute atomic E-state index is 9.99. The van der Waals surface area contributed by atoms with Crippen LogP contribution in [0.25, 0.3) is 0 Å². The van der Waals surface area contributed by atoms with Crippen LogP contribution in [0.2, 0.25) is 5.02 Å². The minimum absolute atomic E-state index is 0.407. The second-order valence-electron chi connectivity index (χ2n) is 3.95. The molecule has 2 nitrogen and oxygen atoms in total. The van der Waals surface area contributed by atoms with Gasteiger partial charge in [-0.2, -0.15) is 0 Å². The molecule has 18 heavy (non-hydrogen) atoms. The van der Waals surface area contributed by atoms with E-state index < -0.39 is 6.10 Å². The molecule has 0 saturated heterocycles. The molecule has 1 atom stereocenters. The molecule has 1 unspecified atom stereocenters. The lowest BCUT2D eigenvalue weighted by Gasteiger charge is -2.11. The van der Waals surface area contributed by atoms with Crippen molar-refractivity contribution in [1.82, 2.24) is 4.98 Å². The largest absolute Gasteiger partial charge is 0.392 e. The van der Waals surface area contributed by atoms with E-state index in [-0.39, 0.29) is 0 Å². The fraction of sp³-hybridized carbons (Fsp3) is 0.214. The third kappa shape index (κ3) is 4.02. The topological polar surface area (TPSA) is 33.1 Å². The molecule has 1 N–H and O–H groups in total. The summed E-state index contributed by atoms with van der Waals surface area (Å²) in [6, 6.07) is 11.9. The number of benzene rings is 1. The number of nitrogens with zero attached hydrogens (tertiary/aromatic N) is 1. The lowest BCUT2D eigenvalue weighted by molar-refractivity contribution is 0.200. The Labute approximate surface area is 116 Å². The first-order valence-electron chi connectivity index (χ1n) is 5.70.